The number of hydrogen-bond donors (Lipinski definition) is 0. The van der Waals surface area contributed by atoms with Gasteiger partial charge >= 0.3 is 0 Å². The van der Waals surface area contributed by atoms with Crippen LogP contribution in [0.3, 0.4) is 0 Å². The van der Waals surface area contributed by atoms with Gasteiger partial charge in [0.15, 0.2) is 6.61 Å². The van der Waals surface area contributed by atoms with Gasteiger partial charge in [0.1, 0.15) is 5.75 Å². The summed E-state index contributed by atoms with van der Waals surface area (Å²) < 4.78 is 32.9. The second-order valence-electron chi connectivity index (χ2n) is 6.51. The summed E-state index contributed by atoms with van der Waals surface area (Å²) in [6, 6.07) is 19.6. The number of rotatable bonds is 6. The number of carbonyl (C=O) groups excluding carboxylic acids is 1. The van der Waals surface area contributed by atoms with Crippen LogP contribution in [0.4, 0.5) is 5.69 Å². The van der Waals surface area contributed by atoms with Gasteiger partial charge in [-0.2, -0.15) is 4.31 Å². The highest BCUT2D eigenvalue weighted by atomic mass is 35.5. The number of halogens is 1. The monoisotopic (exact) mass is 429 g/mol. The van der Waals surface area contributed by atoms with Crippen LogP contribution in [0.2, 0.25) is 5.02 Å². The molecule has 0 unspecified atom stereocenters. The van der Waals surface area contributed by atoms with E-state index >= 15 is 0 Å². The maximum absolute atomic E-state index is 13.3. The van der Waals surface area contributed by atoms with Gasteiger partial charge in [0, 0.05) is 5.02 Å². The molecule has 29 heavy (non-hydrogen) atoms. The third kappa shape index (κ3) is 4.78. The summed E-state index contributed by atoms with van der Waals surface area (Å²) in [4.78, 5) is 13.0. The highest BCUT2D eigenvalue weighted by molar-refractivity contribution is 7.93. The molecule has 3 aromatic carbocycles. The first-order valence-electron chi connectivity index (χ1n) is 8.88. The lowest BCUT2D eigenvalue weighted by atomic mass is 10.2. The van der Waals surface area contributed by atoms with Gasteiger partial charge in [-0.15, -0.1) is 0 Å². The van der Waals surface area contributed by atoms with Crippen LogP contribution in [-0.4, -0.2) is 20.9 Å². The predicted molar refractivity (Wildman–Crippen MR) is 114 cm³/mol. The van der Waals surface area contributed by atoms with E-state index in [2.05, 4.69) is 0 Å². The molecule has 7 heteroatoms. The maximum Gasteiger partial charge on any atom is 0.278 e. The van der Waals surface area contributed by atoms with Gasteiger partial charge in [0.25, 0.3) is 15.9 Å². The number of carbonyl (C=O) groups is 1. The van der Waals surface area contributed by atoms with Crippen LogP contribution in [0.1, 0.15) is 11.1 Å². The highest BCUT2D eigenvalue weighted by Gasteiger charge is 2.31. The molecule has 0 aliphatic carbocycles. The van der Waals surface area contributed by atoms with Crippen molar-refractivity contribution < 1.29 is 17.9 Å². The molecule has 3 rings (SSSR count). The summed E-state index contributed by atoms with van der Waals surface area (Å²) in [5.74, 6) is -0.180. The minimum atomic E-state index is -4.15. The number of nitrogens with zero attached hydrogens (tertiary/aromatic N) is 1. The first-order chi connectivity index (χ1) is 13.8. The summed E-state index contributed by atoms with van der Waals surface area (Å²) in [7, 11) is -4.15. The second kappa shape index (κ2) is 8.68. The van der Waals surface area contributed by atoms with Crippen LogP contribution in [0.5, 0.6) is 5.75 Å². The van der Waals surface area contributed by atoms with Crippen molar-refractivity contribution in [2.45, 2.75) is 18.7 Å². The number of ether oxygens (including phenoxy) is 1. The third-order valence-electron chi connectivity index (χ3n) is 4.29. The molecule has 0 N–H and O–H groups in total. The topological polar surface area (TPSA) is 63.7 Å². The quantitative estimate of drug-likeness (QED) is 0.566. The van der Waals surface area contributed by atoms with Crippen molar-refractivity contribution in [2.75, 3.05) is 10.9 Å². The fraction of sp³-hybridized carbons (Fsp3) is 0.136. The van der Waals surface area contributed by atoms with Crippen molar-refractivity contribution in [3.8, 4) is 5.75 Å². The molecule has 1 amide bonds. The van der Waals surface area contributed by atoms with E-state index < -0.39 is 22.5 Å². The van der Waals surface area contributed by atoms with Gasteiger partial charge in [0.2, 0.25) is 0 Å². The molecule has 3 aromatic rings. The van der Waals surface area contributed by atoms with Crippen molar-refractivity contribution in [1.29, 1.82) is 0 Å². The van der Waals surface area contributed by atoms with Crippen molar-refractivity contribution in [3.63, 3.8) is 0 Å². The second-order valence-corrected chi connectivity index (χ2v) is 8.73. The molecule has 0 aliphatic heterocycles. The molecule has 0 heterocycles. The first-order valence-corrected chi connectivity index (χ1v) is 10.7. The molecule has 0 bridgehead atoms. The molecule has 0 spiro atoms. The average Bonchev–Trinajstić information content (AvgIpc) is 2.69. The highest BCUT2D eigenvalue weighted by Crippen LogP contribution is 2.26. The Bertz CT molecular complexity index is 1110. The minimum Gasteiger partial charge on any atom is -0.483 e. The van der Waals surface area contributed by atoms with Crippen molar-refractivity contribution in [1.82, 2.24) is 0 Å². The number of aryl methyl sites for hydroxylation is 2. The normalized spacial score (nSPS) is 11.1. The van der Waals surface area contributed by atoms with E-state index in [1.54, 1.807) is 36.4 Å². The Hall–Kier alpha value is -2.83. The summed E-state index contributed by atoms with van der Waals surface area (Å²) in [6.45, 7) is 3.30. The van der Waals surface area contributed by atoms with Gasteiger partial charge in [-0.25, -0.2) is 8.42 Å². The Balaban J connectivity index is 1.96. The number of anilines is 1. The fourth-order valence-corrected chi connectivity index (χ4v) is 4.26. The van der Waals surface area contributed by atoms with Gasteiger partial charge < -0.3 is 4.74 Å². The van der Waals surface area contributed by atoms with Crippen molar-refractivity contribution in [3.05, 3.63) is 88.9 Å². The Labute approximate surface area is 175 Å². The zero-order valence-electron chi connectivity index (χ0n) is 16.0. The molecular weight excluding hydrogens is 410 g/mol. The maximum atomic E-state index is 13.3. The molecule has 5 nitrogen and oxygen atoms in total. The summed E-state index contributed by atoms with van der Waals surface area (Å²) in [5.41, 5.74) is 2.04. The molecule has 0 radical (unpaired) electrons. The lowest BCUT2D eigenvalue weighted by Crippen LogP contribution is -2.40. The largest absolute Gasteiger partial charge is 0.483 e. The Kier molecular flexibility index (Phi) is 6.25. The Morgan fingerprint density at radius 2 is 1.55 bits per heavy atom. The minimum absolute atomic E-state index is 0.0354. The molecule has 0 aromatic heterocycles. The van der Waals surface area contributed by atoms with E-state index in [-0.39, 0.29) is 10.6 Å². The van der Waals surface area contributed by atoms with Crippen LogP contribution < -0.4 is 9.04 Å². The number of amides is 1. The summed E-state index contributed by atoms with van der Waals surface area (Å²) in [6.07, 6.45) is 0. The number of benzene rings is 3. The van der Waals surface area contributed by atoms with E-state index in [1.807, 2.05) is 26.0 Å². The zero-order chi connectivity index (χ0) is 21.0. The zero-order valence-corrected chi connectivity index (χ0v) is 17.6. The van der Waals surface area contributed by atoms with Gasteiger partial charge in [-0.05, 0) is 61.9 Å². The van der Waals surface area contributed by atoms with Crippen LogP contribution in [0.15, 0.2) is 77.7 Å². The third-order valence-corrected chi connectivity index (χ3v) is 6.31. The van der Waals surface area contributed by atoms with Crippen LogP contribution in [0, 0.1) is 13.8 Å². The van der Waals surface area contributed by atoms with Crippen molar-refractivity contribution in [2.24, 2.45) is 0 Å². The average molecular weight is 430 g/mol. The number of para-hydroxylation sites is 1. The van der Waals surface area contributed by atoms with E-state index in [9.17, 15) is 13.2 Å². The summed E-state index contributed by atoms with van der Waals surface area (Å²) in [5, 5.41) is 0.403. The van der Waals surface area contributed by atoms with E-state index in [0.29, 0.717) is 10.8 Å². The Morgan fingerprint density at radius 3 is 2.17 bits per heavy atom. The van der Waals surface area contributed by atoms with E-state index in [4.69, 9.17) is 16.3 Å². The van der Waals surface area contributed by atoms with E-state index in [1.165, 1.54) is 24.3 Å². The Morgan fingerprint density at radius 1 is 0.931 bits per heavy atom. The molecule has 0 fully saturated rings. The van der Waals surface area contributed by atoms with Crippen molar-refractivity contribution >= 4 is 33.2 Å². The van der Waals surface area contributed by atoms with Crippen LogP contribution >= 0.6 is 11.6 Å². The fourth-order valence-electron chi connectivity index (χ4n) is 2.73. The number of sulfonamides is 1. The molecule has 0 atom stereocenters. The van der Waals surface area contributed by atoms with Gasteiger partial charge in [-0.3, -0.25) is 4.79 Å². The predicted octanol–water partition coefficient (Wildman–Crippen LogP) is 4.76. The van der Waals surface area contributed by atoms with Gasteiger partial charge in [0.05, 0.1) is 10.6 Å². The molecular formula is C22H20ClNO4S. The molecule has 150 valence electrons. The molecule has 0 saturated heterocycles. The molecule has 0 aliphatic rings. The van der Waals surface area contributed by atoms with E-state index in [0.717, 1.165) is 15.4 Å². The smallest absolute Gasteiger partial charge is 0.278 e. The lowest BCUT2D eigenvalue weighted by molar-refractivity contribution is -0.119. The lowest BCUT2D eigenvalue weighted by Gasteiger charge is -2.23. The first kappa shape index (κ1) is 20.9. The van der Waals surface area contributed by atoms with Crippen LogP contribution in [-0.2, 0) is 14.8 Å². The standard InChI is InChI=1S/C22H20ClNO4S/c1-16-7-11-19(12-8-16)24(29(26,27)20-13-9-18(23)10-14-20)22(25)15-28-21-6-4-3-5-17(21)2/h3-14H,15H2,1-2H3. The molecule has 0 saturated carbocycles. The number of hydrogen-bond acceptors (Lipinski definition) is 4. The summed E-state index contributed by atoms with van der Waals surface area (Å²) >= 11 is 5.88. The van der Waals surface area contributed by atoms with Gasteiger partial charge in [-0.1, -0.05) is 47.5 Å². The van der Waals surface area contributed by atoms with Crippen LogP contribution in [0.25, 0.3) is 0 Å². The SMILES string of the molecule is Cc1ccc(N(C(=O)COc2ccccc2C)S(=O)(=O)c2ccc(Cl)cc2)cc1.